The van der Waals surface area contributed by atoms with E-state index in [2.05, 4.69) is 290 Å². The van der Waals surface area contributed by atoms with Crippen LogP contribution in [0.4, 0.5) is 17.1 Å². The lowest BCUT2D eigenvalue weighted by Crippen LogP contribution is -2.11. The average Bonchev–Trinajstić information content (AvgIpc) is 3.44. The molecule has 0 fully saturated rings. The molecule has 1 heteroatoms. The highest BCUT2D eigenvalue weighted by atomic mass is 15.1. The lowest BCUT2D eigenvalue weighted by molar-refractivity contribution is 1.30. The van der Waals surface area contributed by atoms with Crippen LogP contribution in [0, 0.1) is 0 Å². The first-order chi connectivity index (χ1) is 34.3. The van der Waals surface area contributed by atoms with Crippen LogP contribution in [0.15, 0.2) is 285 Å². The number of hydrogen-bond acceptors (Lipinski definition) is 1. The van der Waals surface area contributed by atoms with Crippen molar-refractivity contribution in [2.75, 3.05) is 4.90 Å². The average molecular weight is 878 g/mol. The maximum Gasteiger partial charge on any atom is 0.0546 e. The molecule has 69 heavy (non-hydrogen) atoms. The highest BCUT2D eigenvalue weighted by Crippen LogP contribution is 2.50. The summed E-state index contributed by atoms with van der Waals surface area (Å²) in [5.41, 5.74) is 19.9. The molecule has 0 unspecified atom stereocenters. The number of rotatable bonds is 10. The summed E-state index contributed by atoms with van der Waals surface area (Å²) >= 11 is 0. The smallest absolute Gasteiger partial charge is 0.0546 e. The molecule has 0 aliphatic carbocycles. The Labute approximate surface area is 404 Å². The van der Waals surface area contributed by atoms with Crippen LogP contribution in [0.1, 0.15) is 0 Å². The second-order valence-corrected chi connectivity index (χ2v) is 17.6. The van der Waals surface area contributed by atoms with E-state index in [4.69, 9.17) is 0 Å². The Morgan fingerprint density at radius 3 is 1.09 bits per heavy atom. The molecule has 12 aromatic rings. The molecule has 12 aromatic carbocycles. The SMILES string of the molecule is c1ccc(-c2cc(-c3ccccc3)cc(N(c3ccc(-c4cccc(-c5ccccc5)c4-c4ccccc4)cc3)c3cccc4c(-c5ccccc5)c(-c5ccccc5)c5ccccc5c34)c2)cc1. The molecular formula is C68H47N. The zero-order valence-electron chi connectivity index (χ0n) is 38.1. The van der Waals surface area contributed by atoms with Gasteiger partial charge in [0.25, 0.3) is 0 Å². The van der Waals surface area contributed by atoms with Gasteiger partial charge in [0.2, 0.25) is 0 Å². The van der Waals surface area contributed by atoms with Crippen molar-refractivity contribution in [3.8, 4) is 77.9 Å². The predicted molar refractivity (Wildman–Crippen MR) is 294 cm³/mol. The van der Waals surface area contributed by atoms with Crippen LogP contribution in [-0.4, -0.2) is 0 Å². The molecule has 0 saturated carbocycles. The lowest BCUT2D eigenvalue weighted by Gasteiger charge is -2.30. The maximum atomic E-state index is 2.49. The molecule has 0 aromatic heterocycles. The maximum absolute atomic E-state index is 2.49. The van der Waals surface area contributed by atoms with E-state index in [1.807, 2.05) is 0 Å². The van der Waals surface area contributed by atoms with Crippen molar-refractivity contribution in [1.29, 1.82) is 0 Å². The topological polar surface area (TPSA) is 3.24 Å². The van der Waals surface area contributed by atoms with E-state index < -0.39 is 0 Å². The van der Waals surface area contributed by atoms with Crippen LogP contribution in [0.5, 0.6) is 0 Å². The summed E-state index contributed by atoms with van der Waals surface area (Å²) in [6.45, 7) is 0. The fourth-order valence-corrected chi connectivity index (χ4v) is 10.3. The van der Waals surface area contributed by atoms with Crippen LogP contribution in [0.3, 0.4) is 0 Å². The number of fused-ring (bicyclic) bond motifs is 3. The summed E-state index contributed by atoms with van der Waals surface area (Å²) in [4.78, 5) is 2.49. The third-order valence-corrected chi connectivity index (χ3v) is 13.4. The Morgan fingerprint density at radius 1 is 0.203 bits per heavy atom. The van der Waals surface area contributed by atoms with Crippen molar-refractivity contribution < 1.29 is 0 Å². The molecule has 1 nitrogen and oxygen atoms in total. The summed E-state index contributed by atoms with van der Waals surface area (Å²) in [5, 5.41) is 4.82. The normalized spacial score (nSPS) is 11.2. The van der Waals surface area contributed by atoms with E-state index >= 15 is 0 Å². The van der Waals surface area contributed by atoms with Crippen molar-refractivity contribution >= 4 is 38.6 Å². The quantitative estimate of drug-likeness (QED) is 0.124. The molecule has 0 bridgehead atoms. The van der Waals surface area contributed by atoms with Crippen molar-refractivity contribution in [3.63, 3.8) is 0 Å². The van der Waals surface area contributed by atoms with E-state index in [9.17, 15) is 0 Å². The standard InChI is InChI=1S/C68H47N/c1-7-23-48(24-8-1)55-45-56(49-25-9-2-10-26-49)47-58(46-55)69(57-43-41-51(42-44-57)60-38-21-37-59(50-27-11-3-12-28-50)65(60)52-29-13-4-14-30-52)64-40-22-39-63-67(54-33-17-6-18-34-54)66(53-31-15-5-16-32-53)61-35-19-20-36-62(61)68(63)64/h1-47H. The van der Waals surface area contributed by atoms with Gasteiger partial charge in [0.05, 0.1) is 5.69 Å². The second-order valence-electron chi connectivity index (χ2n) is 17.6. The van der Waals surface area contributed by atoms with Gasteiger partial charge in [0, 0.05) is 16.8 Å². The van der Waals surface area contributed by atoms with Crippen LogP contribution in [-0.2, 0) is 0 Å². The van der Waals surface area contributed by atoms with Crippen LogP contribution in [0.25, 0.3) is 99.4 Å². The van der Waals surface area contributed by atoms with Gasteiger partial charge in [0.15, 0.2) is 0 Å². The predicted octanol–water partition coefficient (Wildman–Crippen LogP) is 19.1. The van der Waals surface area contributed by atoms with Gasteiger partial charge in [-0.05, 0) is 130 Å². The zero-order valence-corrected chi connectivity index (χ0v) is 38.1. The van der Waals surface area contributed by atoms with E-state index in [0.29, 0.717) is 0 Å². The molecule has 0 amide bonds. The number of nitrogens with zero attached hydrogens (tertiary/aromatic N) is 1. The molecule has 324 valence electrons. The molecule has 0 atom stereocenters. The third-order valence-electron chi connectivity index (χ3n) is 13.4. The molecule has 0 aliphatic rings. The number of hydrogen-bond donors (Lipinski definition) is 0. The fraction of sp³-hybridized carbons (Fsp3) is 0. The highest BCUT2D eigenvalue weighted by Gasteiger charge is 2.24. The molecule has 0 radical (unpaired) electrons. The zero-order chi connectivity index (χ0) is 45.9. The molecule has 0 spiro atoms. The summed E-state index contributed by atoms with van der Waals surface area (Å²) in [7, 11) is 0. The van der Waals surface area contributed by atoms with Crippen molar-refractivity contribution in [1.82, 2.24) is 0 Å². The first-order valence-electron chi connectivity index (χ1n) is 23.8. The van der Waals surface area contributed by atoms with Crippen molar-refractivity contribution in [3.05, 3.63) is 285 Å². The molecule has 0 aliphatic heterocycles. The van der Waals surface area contributed by atoms with E-state index in [1.165, 1.54) is 82.7 Å². The monoisotopic (exact) mass is 877 g/mol. The van der Waals surface area contributed by atoms with Gasteiger partial charge in [-0.1, -0.05) is 249 Å². The molecule has 12 rings (SSSR count). The van der Waals surface area contributed by atoms with Gasteiger partial charge in [-0.15, -0.1) is 0 Å². The minimum absolute atomic E-state index is 1.06. The third kappa shape index (κ3) is 7.86. The Kier molecular flexibility index (Phi) is 11.0. The van der Waals surface area contributed by atoms with Crippen molar-refractivity contribution in [2.45, 2.75) is 0 Å². The van der Waals surface area contributed by atoms with Crippen LogP contribution in [0.2, 0.25) is 0 Å². The first-order valence-corrected chi connectivity index (χ1v) is 23.8. The Morgan fingerprint density at radius 2 is 0.580 bits per heavy atom. The number of anilines is 3. The molecule has 0 saturated heterocycles. The van der Waals surface area contributed by atoms with Crippen molar-refractivity contribution in [2.24, 2.45) is 0 Å². The molecular weight excluding hydrogens is 831 g/mol. The Bertz CT molecular complexity index is 3660. The van der Waals surface area contributed by atoms with E-state index in [0.717, 1.165) is 33.8 Å². The van der Waals surface area contributed by atoms with Gasteiger partial charge in [-0.2, -0.15) is 0 Å². The van der Waals surface area contributed by atoms with E-state index in [-0.39, 0.29) is 0 Å². The fourth-order valence-electron chi connectivity index (χ4n) is 10.3. The lowest BCUT2D eigenvalue weighted by atomic mass is 9.84. The first kappa shape index (κ1) is 41.4. The van der Waals surface area contributed by atoms with Crippen LogP contribution >= 0.6 is 0 Å². The number of benzene rings is 12. The van der Waals surface area contributed by atoms with Gasteiger partial charge in [-0.25, -0.2) is 0 Å². The summed E-state index contributed by atoms with van der Waals surface area (Å²) < 4.78 is 0. The van der Waals surface area contributed by atoms with Gasteiger partial charge in [0.1, 0.15) is 0 Å². The minimum Gasteiger partial charge on any atom is -0.310 e. The highest BCUT2D eigenvalue weighted by molar-refractivity contribution is 6.25. The minimum atomic E-state index is 1.06. The summed E-state index contributed by atoms with van der Waals surface area (Å²) in [6.07, 6.45) is 0. The van der Waals surface area contributed by atoms with Gasteiger partial charge in [-0.3, -0.25) is 0 Å². The second kappa shape index (κ2) is 18.3. The molecule has 0 N–H and O–H groups in total. The molecule has 0 heterocycles. The van der Waals surface area contributed by atoms with Gasteiger partial charge < -0.3 is 4.90 Å². The van der Waals surface area contributed by atoms with Gasteiger partial charge >= 0.3 is 0 Å². The van der Waals surface area contributed by atoms with Crippen LogP contribution < -0.4 is 4.90 Å². The largest absolute Gasteiger partial charge is 0.310 e. The van der Waals surface area contributed by atoms with E-state index in [1.54, 1.807) is 0 Å². The Hall–Kier alpha value is -9.04. The summed E-state index contributed by atoms with van der Waals surface area (Å²) in [5.74, 6) is 0. The summed E-state index contributed by atoms with van der Waals surface area (Å²) in [6, 6.07) is 104. The Balaban J connectivity index is 1.14.